The molecular formula is C24H17Cl2NO4. The number of esters is 1. The molecule has 0 spiro atoms. The number of carbonyl (C=O) groups is 1. The van der Waals surface area contributed by atoms with Gasteiger partial charge in [0.2, 0.25) is 0 Å². The maximum absolute atomic E-state index is 12.0. The largest absolute Gasteiger partial charge is 0.507 e. The fourth-order valence-corrected chi connectivity index (χ4v) is 3.47. The SMILES string of the molecule is COC(=O)c1cc(O)c2cc(-c3ccc(Cl)c(Cl)c3)cc(OCc3ccccc3)c2n1. The molecule has 0 unspecified atom stereocenters. The minimum absolute atomic E-state index is 0.0145. The van der Waals surface area contributed by atoms with Gasteiger partial charge in [-0.15, -0.1) is 0 Å². The van der Waals surface area contributed by atoms with Crippen LogP contribution in [0.25, 0.3) is 22.0 Å². The molecule has 1 aromatic heterocycles. The second-order valence-electron chi connectivity index (χ2n) is 6.79. The number of benzene rings is 3. The Bertz CT molecular complexity index is 1280. The third-order valence-electron chi connectivity index (χ3n) is 4.74. The van der Waals surface area contributed by atoms with Gasteiger partial charge in [0, 0.05) is 11.5 Å². The number of aromatic nitrogens is 1. The second kappa shape index (κ2) is 8.84. The number of fused-ring (bicyclic) bond motifs is 1. The molecule has 0 aliphatic rings. The molecule has 0 fully saturated rings. The summed E-state index contributed by atoms with van der Waals surface area (Å²) in [5.41, 5.74) is 2.83. The maximum Gasteiger partial charge on any atom is 0.356 e. The summed E-state index contributed by atoms with van der Waals surface area (Å²) in [6.07, 6.45) is 0. The number of carbonyl (C=O) groups excluding carboxylic acids is 1. The molecule has 0 amide bonds. The number of pyridine rings is 1. The van der Waals surface area contributed by atoms with Gasteiger partial charge in [-0.3, -0.25) is 0 Å². The maximum atomic E-state index is 12.0. The van der Waals surface area contributed by atoms with Crippen LogP contribution in [0, 0.1) is 0 Å². The smallest absolute Gasteiger partial charge is 0.356 e. The predicted octanol–water partition coefficient (Wildman–Crippen LogP) is 6.28. The van der Waals surface area contributed by atoms with Gasteiger partial charge in [-0.2, -0.15) is 0 Å². The van der Waals surface area contributed by atoms with Crippen molar-refractivity contribution in [1.29, 1.82) is 0 Å². The predicted molar refractivity (Wildman–Crippen MR) is 121 cm³/mol. The first-order chi connectivity index (χ1) is 15.0. The van der Waals surface area contributed by atoms with E-state index in [2.05, 4.69) is 4.98 Å². The molecule has 1 N–H and O–H groups in total. The van der Waals surface area contributed by atoms with Crippen LogP contribution in [-0.2, 0) is 11.3 Å². The van der Waals surface area contributed by atoms with E-state index < -0.39 is 5.97 Å². The monoisotopic (exact) mass is 453 g/mol. The normalized spacial score (nSPS) is 10.8. The summed E-state index contributed by atoms with van der Waals surface area (Å²) in [4.78, 5) is 16.4. The van der Waals surface area contributed by atoms with Gasteiger partial charge in [0.15, 0.2) is 5.69 Å². The van der Waals surface area contributed by atoms with Crippen LogP contribution in [0.15, 0.2) is 66.7 Å². The topological polar surface area (TPSA) is 68.7 Å². The minimum atomic E-state index is -0.653. The lowest BCUT2D eigenvalue weighted by Gasteiger charge is -2.14. The Balaban J connectivity index is 1.87. The lowest BCUT2D eigenvalue weighted by molar-refractivity contribution is 0.0594. The van der Waals surface area contributed by atoms with Gasteiger partial charge in [-0.05, 0) is 41.0 Å². The van der Waals surface area contributed by atoms with E-state index in [1.54, 1.807) is 24.3 Å². The van der Waals surface area contributed by atoms with E-state index >= 15 is 0 Å². The minimum Gasteiger partial charge on any atom is -0.507 e. The highest BCUT2D eigenvalue weighted by molar-refractivity contribution is 6.42. The molecule has 3 aromatic carbocycles. The molecule has 0 aliphatic carbocycles. The van der Waals surface area contributed by atoms with Crippen LogP contribution in [0.1, 0.15) is 16.1 Å². The van der Waals surface area contributed by atoms with Gasteiger partial charge < -0.3 is 14.6 Å². The molecule has 31 heavy (non-hydrogen) atoms. The van der Waals surface area contributed by atoms with E-state index in [9.17, 15) is 9.90 Å². The third kappa shape index (κ3) is 4.43. The van der Waals surface area contributed by atoms with Crippen LogP contribution in [0.5, 0.6) is 11.5 Å². The Labute approximate surface area is 188 Å². The van der Waals surface area contributed by atoms with Crippen LogP contribution in [-0.4, -0.2) is 23.2 Å². The number of methoxy groups -OCH3 is 1. The molecule has 4 aromatic rings. The summed E-state index contributed by atoms with van der Waals surface area (Å²) in [5.74, 6) is -0.361. The van der Waals surface area contributed by atoms with Crippen molar-refractivity contribution in [3.8, 4) is 22.6 Å². The summed E-state index contributed by atoms with van der Waals surface area (Å²) in [6, 6.07) is 19.7. The first kappa shape index (κ1) is 21.0. The average molecular weight is 454 g/mol. The van der Waals surface area contributed by atoms with Gasteiger partial charge in [-0.1, -0.05) is 59.6 Å². The fourth-order valence-electron chi connectivity index (χ4n) is 3.18. The Morgan fingerprint density at radius 3 is 2.45 bits per heavy atom. The summed E-state index contributed by atoms with van der Waals surface area (Å²) in [6.45, 7) is 0.283. The summed E-state index contributed by atoms with van der Waals surface area (Å²) in [7, 11) is 1.26. The van der Waals surface area contributed by atoms with E-state index in [0.717, 1.165) is 16.7 Å². The summed E-state index contributed by atoms with van der Waals surface area (Å²) < 4.78 is 10.8. The van der Waals surface area contributed by atoms with Crippen molar-refractivity contribution in [1.82, 2.24) is 4.98 Å². The lowest BCUT2D eigenvalue weighted by atomic mass is 10.0. The molecule has 0 atom stereocenters. The van der Waals surface area contributed by atoms with Crippen molar-refractivity contribution in [2.45, 2.75) is 6.61 Å². The van der Waals surface area contributed by atoms with Crippen molar-refractivity contribution < 1.29 is 19.4 Å². The Morgan fingerprint density at radius 1 is 0.968 bits per heavy atom. The molecule has 0 saturated heterocycles. The number of hydrogen-bond acceptors (Lipinski definition) is 5. The van der Waals surface area contributed by atoms with E-state index in [1.807, 2.05) is 36.4 Å². The zero-order valence-electron chi connectivity index (χ0n) is 16.4. The lowest BCUT2D eigenvalue weighted by Crippen LogP contribution is -2.05. The van der Waals surface area contributed by atoms with Crippen LogP contribution in [0.2, 0.25) is 10.0 Å². The van der Waals surface area contributed by atoms with Crippen molar-refractivity contribution >= 4 is 40.1 Å². The van der Waals surface area contributed by atoms with Crippen LogP contribution >= 0.6 is 23.2 Å². The summed E-state index contributed by atoms with van der Waals surface area (Å²) in [5, 5.41) is 11.9. The molecule has 5 nitrogen and oxygen atoms in total. The van der Waals surface area contributed by atoms with Gasteiger partial charge >= 0.3 is 5.97 Å². The highest BCUT2D eigenvalue weighted by Crippen LogP contribution is 2.38. The molecule has 156 valence electrons. The zero-order chi connectivity index (χ0) is 22.0. The quantitative estimate of drug-likeness (QED) is 0.360. The van der Waals surface area contributed by atoms with Gasteiger partial charge in [0.05, 0.1) is 17.2 Å². The Hall–Kier alpha value is -3.28. The highest BCUT2D eigenvalue weighted by atomic mass is 35.5. The highest BCUT2D eigenvalue weighted by Gasteiger charge is 2.17. The number of hydrogen-bond donors (Lipinski definition) is 1. The van der Waals surface area contributed by atoms with Gasteiger partial charge in [-0.25, -0.2) is 9.78 Å². The summed E-state index contributed by atoms with van der Waals surface area (Å²) >= 11 is 12.2. The van der Waals surface area contributed by atoms with Crippen molar-refractivity contribution in [2.75, 3.05) is 7.11 Å². The number of rotatable bonds is 5. The molecule has 1 heterocycles. The van der Waals surface area contributed by atoms with E-state index in [4.69, 9.17) is 32.7 Å². The molecule has 0 bridgehead atoms. The Morgan fingerprint density at radius 2 is 1.74 bits per heavy atom. The average Bonchev–Trinajstić information content (AvgIpc) is 2.79. The molecule has 0 radical (unpaired) electrons. The standard InChI is InChI=1S/C24H17Cl2NO4/c1-30-24(29)20-12-21(28)17-9-16(15-7-8-18(25)19(26)10-15)11-22(23(17)27-20)31-13-14-5-3-2-4-6-14/h2-12H,13H2,1H3,(H,27,28). The number of nitrogens with zero attached hydrogens (tertiary/aromatic N) is 1. The molecule has 7 heteroatoms. The van der Waals surface area contributed by atoms with Crippen LogP contribution < -0.4 is 4.74 Å². The zero-order valence-corrected chi connectivity index (χ0v) is 17.9. The molecule has 0 saturated carbocycles. The number of aromatic hydroxyl groups is 1. The van der Waals surface area contributed by atoms with Gasteiger partial charge in [0.25, 0.3) is 0 Å². The fraction of sp³-hybridized carbons (Fsp3) is 0.0833. The van der Waals surface area contributed by atoms with E-state index in [0.29, 0.717) is 26.7 Å². The third-order valence-corrected chi connectivity index (χ3v) is 5.48. The van der Waals surface area contributed by atoms with Crippen molar-refractivity contribution in [3.05, 3.63) is 88.0 Å². The first-order valence-electron chi connectivity index (χ1n) is 9.34. The van der Waals surface area contributed by atoms with Crippen LogP contribution in [0.3, 0.4) is 0 Å². The second-order valence-corrected chi connectivity index (χ2v) is 7.61. The molecular weight excluding hydrogens is 437 g/mol. The Kier molecular flexibility index (Phi) is 5.98. The number of halogens is 2. The molecule has 0 aliphatic heterocycles. The molecule has 4 rings (SSSR count). The van der Waals surface area contributed by atoms with Crippen LogP contribution in [0.4, 0.5) is 0 Å². The number of ether oxygens (including phenoxy) is 2. The van der Waals surface area contributed by atoms with Gasteiger partial charge in [0.1, 0.15) is 23.6 Å². The van der Waals surface area contributed by atoms with Crippen molar-refractivity contribution in [3.63, 3.8) is 0 Å². The van der Waals surface area contributed by atoms with E-state index in [1.165, 1.54) is 13.2 Å². The first-order valence-corrected chi connectivity index (χ1v) is 10.1. The van der Waals surface area contributed by atoms with Crippen molar-refractivity contribution in [2.24, 2.45) is 0 Å². The van der Waals surface area contributed by atoms with E-state index in [-0.39, 0.29) is 18.1 Å².